The van der Waals surface area contributed by atoms with Gasteiger partial charge in [-0.3, -0.25) is 28.9 Å². The molecule has 4 amide bonds. The SMILES string of the molecule is CCC(C)C(NC(=O)[C@@]1(C)CCCN1C)C(=O)N(C)C(CC(O)c1nc(C(=O)NC(Cc2ccc(NC(=O)CN)cc2)CC(C)C(=O)O)cs1)C(C)C. The Morgan fingerprint density at radius 3 is 2.28 bits per heavy atom. The predicted molar refractivity (Wildman–Crippen MR) is 205 cm³/mol. The summed E-state index contributed by atoms with van der Waals surface area (Å²) in [5.41, 5.74) is 6.16. The first-order valence-electron chi connectivity index (χ1n) is 18.5. The number of nitrogens with one attached hydrogen (secondary N) is 3. The summed E-state index contributed by atoms with van der Waals surface area (Å²) < 4.78 is 0. The van der Waals surface area contributed by atoms with Crippen LogP contribution in [0.25, 0.3) is 0 Å². The molecule has 2 heterocycles. The number of rotatable bonds is 19. The second-order valence-electron chi connectivity index (χ2n) is 15.0. The molecule has 0 saturated carbocycles. The molecule has 15 heteroatoms. The standard InChI is InChI=1S/C38H59N7O7S/c1-9-23(4)32(43-37(52)38(6)15-10-16-44(38)7)35(49)45(8)29(22(2)3)19-30(46)34-42-28(21-53-34)33(48)41-27(17-24(5)36(50)51)18-25-11-13-26(14-12-25)40-31(47)20-39/h11-14,21-24,27,29-30,32,46H,9-10,15-20,39H2,1-8H3,(H,40,47)(H,41,48)(H,43,52)(H,50,51)/t23?,24?,27?,29?,30?,32?,38-/m1/s1. The quantitative estimate of drug-likeness (QED) is 0.123. The summed E-state index contributed by atoms with van der Waals surface area (Å²) in [6, 6.07) is 5.31. The molecule has 2 aromatic rings. The van der Waals surface area contributed by atoms with Crippen LogP contribution in [0.15, 0.2) is 29.6 Å². The fraction of sp³-hybridized carbons (Fsp3) is 0.632. The van der Waals surface area contributed by atoms with Crippen molar-refractivity contribution in [3.8, 4) is 0 Å². The minimum absolute atomic E-state index is 0.0453. The molecule has 1 aliphatic heterocycles. The average Bonchev–Trinajstić information content (AvgIpc) is 3.76. The molecule has 0 bridgehead atoms. The number of carboxylic acid groups (broad SMARTS) is 1. The molecule has 0 radical (unpaired) electrons. The number of aliphatic carboxylic acids is 1. The number of likely N-dealkylation sites (N-methyl/N-ethyl adjacent to an activating group) is 2. The van der Waals surface area contributed by atoms with Crippen LogP contribution in [0, 0.1) is 17.8 Å². The van der Waals surface area contributed by atoms with Crippen LogP contribution < -0.4 is 21.7 Å². The molecule has 14 nitrogen and oxygen atoms in total. The summed E-state index contributed by atoms with van der Waals surface area (Å²) in [7, 11) is 3.63. The number of carbonyl (C=O) groups is 5. The summed E-state index contributed by atoms with van der Waals surface area (Å²) in [5.74, 6) is -3.10. The minimum Gasteiger partial charge on any atom is -0.481 e. The van der Waals surface area contributed by atoms with Gasteiger partial charge in [0, 0.05) is 36.6 Å². The number of anilines is 1. The van der Waals surface area contributed by atoms with E-state index in [2.05, 4.69) is 20.9 Å². The number of nitrogens with two attached hydrogens (primary N) is 1. The Kier molecular flexibility index (Phi) is 15.9. The van der Waals surface area contributed by atoms with Crippen LogP contribution in [0.1, 0.15) is 101 Å². The maximum absolute atomic E-state index is 14.1. The second kappa shape index (κ2) is 19.4. The zero-order chi connectivity index (χ0) is 39.6. The van der Waals surface area contributed by atoms with Gasteiger partial charge >= 0.3 is 5.97 Å². The third kappa shape index (κ3) is 11.5. The van der Waals surface area contributed by atoms with Crippen molar-refractivity contribution in [2.45, 2.75) is 110 Å². The largest absolute Gasteiger partial charge is 0.481 e. The zero-order valence-electron chi connectivity index (χ0n) is 32.3. The van der Waals surface area contributed by atoms with E-state index in [1.54, 1.807) is 48.5 Å². The van der Waals surface area contributed by atoms with Gasteiger partial charge in [0.25, 0.3) is 5.91 Å². The lowest BCUT2D eigenvalue weighted by atomic mass is 9.91. The monoisotopic (exact) mass is 757 g/mol. The Labute approximate surface area is 317 Å². The predicted octanol–water partition coefficient (Wildman–Crippen LogP) is 3.41. The molecule has 0 aliphatic carbocycles. The maximum atomic E-state index is 14.1. The van der Waals surface area contributed by atoms with Crippen LogP contribution in [0.2, 0.25) is 0 Å². The number of amides is 4. The van der Waals surface area contributed by atoms with Crippen LogP contribution in [-0.4, -0.2) is 105 Å². The van der Waals surface area contributed by atoms with E-state index in [0.29, 0.717) is 23.5 Å². The van der Waals surface area contributed by atoms with Crippen LogP contribution in [0.4, 0.5) is 5.69 Å². The zero-order valence-corrected chi connectivity index (χ0v) is 33.2. The summed E-state index contributed by atoms with van der Waals surface area (Å²) in [5, 5.41) is 31.5. The number of nitrogens with zero attached hydrogens (tertiary/aromatic N) is 3. The number of likely N-dealkylation sites (tertiary alicyclic amines) is 1. The Balaban J connectivity index is 1.72. The number of carboxylic acids is 1. The fourth-order valence-electron chi connectivity index (χ4n) is 6.70. The van der Waals surface area contributed by atoms with E-state index >= 15 is 0 Å². The van der Waals surface area contributed by atoms with Crippen molar-refractivity contribution >= 4 is 46.6 Å². The van der Waals surface area contributed by atoms with E-state index in [0.717, 1.165) is 36.3 Å². The molecule has 0 spiro atoms. The lowest BCUT2D eigenvalue weighted by molar-refractivity contribution is -0.142. The second-order valence-corrected chi connectivity index (χ2v) is 15.9. The lowest BCUT2D eigenvalue weighted by Gasteiger charge is -2.38. The first kappa shape index (κ1) is 43.5. The van der Waals surface area contributed by atoms with Gasteiger partial charge in [0.15, 0.2) is 0 Å². The van der Waals surface area contributed by atoms with E-state index in [4.69, 9.17) is 5.73 Å². The average molecular weight is 758 g/mol. The molecule has 6 unspecified atom stereocenters. The smallest absolute Gasteiger partial charge is 0.306 e. The number of aliphatic hydroxyl groups excluding tert-OH is 1. The minimum atomic E-state index is -1.08. The van der Waals surface area contributed by atoms with Crippen molar-refractivity contribution in [3.63, 3.8) is 0 Å². The number of aromatic nitrogens is 1. The molecule has 1 aromatic carbocycles. The molecule has 53 heavy (non-hydrogen) atoms. The molecule has 294 valence electrons. The van der Waals surface area contributed by atoms with Gasteiger partial charge in [-0.2, -0.15) is 0 Å². The van der Waals surface area contributed by atoms with E-state index in [9.17, 15) is 34.2 Å². The third-order valence-corrected chi connectivity index (χ3v) is 11.6. The normalized spacial score (nSPS) is 19.5. The van der Waals surface area contributed by atoms with Crippen LogP contribution in [0.3, 0.4) is 0 Å². The molecule has 1 fully saturated rings. The molecular weight excluding hydrogens is 699 g/mol. The van der Waals surface area contributed by atoms with E-state index in [1.165, 1.54) is 0 Å². The molecule has 7 atom stereocenters. The highest BCUT2D eigenvalue weighted by molar-refractivity contribution is 7.09. The van der Waals surface area contributed by atoms with Crippen molar-refractivity contribution in [2.75, 3.05) is 32.5 Å². The van der Waals surface area contributed by atoms with Gasteiger partial charge < -0.3 is 36.8 Å². The van der Waals surface area contributed by atoms with Gasteiger partial charge in [0.2, 0.25) is 17.7 Å². The van der Waals surface area contributed by atoms with Crippen molar-refractivity contribution in [3.05, 3.63) is 45.9 Å². The van der Waals surface area contributed by atoms with Crippen LogP contribution in [0.5, 0.6) is 0 Å². The van der Waals surface area contributed by atoms with Gasteiger partial charge in [-0.1, -0.05) is 53.2 Å². The van der Waals surface area contributed by atoms with E-state index < -0.39 is 47.6 Å². The summed E-state index contributed by atoms with van der Waals surface area (Å²) in [6.45, 7) is 12.0. The first-order chi connectivity index (χ1) is 24.9. The van der Waals surface area contributed by atoms with Gasteiger partial charge in [-0.25, -0.2) is 4.98 Å². The van der Waals surface area contributed by atoms with Crippen molar-refractivity contribution < 1.29 is 34.2 Å². The third-order valence-electron chi connectivity index (χ3n) is 10.7. The summed E-state index contributed by atoms with van der Waals surface area (Å²) in [4.78, 5) is 72.4. The topological polar surface area (TPSA) is 207 Å². The number of thiazole rings is 1. The highest BCUT2D eigenvalue weighted by atomic mass is 32.1. The molecule has 1 aliphatic rings. The van der Waals surface area contributed by atoms with Gasteiger partial charge in [-0.05, 0) is 75.7 Å². The fourth-order valence-corrected chi connectivity index (χ4v) is 7.50. The van der Waals surface area contributed by atoms with Crippen molar-refractivity contribution in [1.82, 2.24) is 25.4 Å². The molecular formula is C38H59N7O7S. The Bertz CT molecular complexity index is 1570. The molecule has 1 aromatic heterocycles. The van der Waals surface area contributed by atoms with Gasteiger partial charge in [0.05, 0.1) is 18.0 Å². The van der Waals surface area contributed by atoms with Gasteiger partial charge in [-0.15, -0.1) is 11.3 Å². The number of aliphatic hydroxyl groups is 1. The van der Waals surface area contributed by atoms with Gasteiger partial charge in [0.1, 0.15) is 22.8 Å². The number of carbonyl (C=O) groups excluding carboxylic acids is 4. The van der Waals surface area contributed by atoms with Crippen LogP contribution >= 0.6 is 11.3 Å². The van der Waals surface area contributed by atoms with Crippen LogP contribution in [-0.2, 0) is 25.6 Å². The number of hydrogen-bond acceptors (Lipinski definition) is 10. The summed E-state index contributed by atoms with van der Waals surface area (Å²) >= 11 is 1.13. The number of benzene rings is 1. The van der Waals surface area contributed by atoms with E-state index in [-0.39, 0.29) is 54.6 Å². The molecule has 3 rings (SSSR count). The Morgan fingerprint density at radius 1 is 1.08 bits per heavy atom. The maximum Gasteiger partial charge on any atom is 0.306 e. The highest BCUT2D eigenvalue weighted by Gasteiger charge is 2.43. The number of hydrogen-bond donors (Lipinski definition) is 6. The lowest BCUT2D eigenvalue weighted by Crippen LogP contribution is -2.60. The highest BCUT2D eigenvalue weighted by Crippen LogP contribution is 2.30. The Hall–Kier alpha value is -3.92. The van der Waals surface area contributed by atoms with E-state index in [1.807, 2.05) is 46.6 Å². The van der Waals surface area contributed by atoms with Crippen molar-refractivity contribution in [1.29, 1.82) is 0 Å². The summed E-state index contributed by atoms with van der Waals surface area (Å²) in [6.07, 6.45) is 1.90. The Morgan fingerprint density at radius 2 is 1.74 bits per heavy atom. The first-order valence-corrected chi connectivity index (χ1v) is 19.3. The molecule has 1 saturated heterocycles. The van der Waals surface area contributed by atoms with Crippen molar-refractivity contribution in [2.24, 2.45) is 23.5 Å². The molecule has 7 N–H and O–H groups in total.